The van der Waals surface area contributed by atoms with Crippen LogP contribution in [0.4, 0.5) is 0 Å². The van der Waals surface area contributed by atoms with Crippen molar-refractivity contribution in [3.63, 3.8) is 0 Å². The third kappa shape index (κ3) is 2.74. The Morgan fingerprint density at radius 2 is 2.00 bits per heavy atom. The van der Waals surface area contributed by atoms with Crippen LogP contribution in [0.25, 0.3) is 0 Å². The summed E-state index contributed by atoms with van der Waals surface area (Å²) in [6.07, 6.45) is 2.60. The summed E-state index contributed by atoms with van der Waals surface area (Å²) in [6.45, 7) is 0. The van der Waals surface area contributed by atoms with E-state index >= 15 is 0 Å². The van der Waals surface area contributed by atoms with Crippen LogP contribution in [0.3, 0.4) is 0 Å². The molecule has 0 amide bonds. The highest BCUT2D eigenvalue weighted by Crippen LogP contribution is 2.49. The van der Waals surface area contributed by atoms with Gasteiger partial charge >= 0.3 is 5.97 Å². The molecule has 0 aromatic heterocycles. The Balaban J connectivity index is 1.87. The summed E-state index contributed by atoms with van der Waals surface area (Å²) in [7, 11) is -3.70. The van der Waals surface area contributed by atoms with Crippen molar-refractivity contribution in [3.05, 3.63) is 28.7 Å². The minimum Gasteiger partial charge on any atom is -0.481 e. The predicted molar refractivity (Wildman–Crippen MR) is 80.2 cm³/mol. The zero-order valence-corrected chi connectivity index (χ0v) is 13.6. The van der Waals surface area contributed by atoms with Crippen LogP contribution >= 0.6 is 15.9 Å². The average molecular weight is 374 g/mol. The molecule has 0 aliphatic heterocycles. The van der Waals surface area contributed by atoms with Crippen molar-refractivity contribution in [2.45, 2.75) is 30.2 Å². The number of fused-ring (bicyclic) bond motifs is 2. The highest BCUT2D eigenvalue weighted by Gasteiger charge is 2.52. The number of sulfonamides is 1. The first-order valence-corrected chi connectivity index (χ1v) is 9.17. The first-order valence-electron chi connectivity index (χ1n) is 6.89. The molecule has 21 heavy (non-hydrogen) atoms. The smallest absolute Gasteiger partial charge is 0.308 e. The van der Waals surface area contributed by atoms with Crippen molar-refractivity contribution in [1.29, 1.82) is 0 Å². The zero-order valence-electron chi connectivity index (χ0n) is 11.2. The lowest BCUT2D eigenvalue weighted by Crippen LogP contribution is -2.46. The van der Waals surface area contributed by atoms with Crippen LogP contribution in [-0.4, -0.2) is 25.5 Å². The molecule has 2 fully saturated rings. The summed E-state index contributed by atoms with van der Waals surface area (Å²) in [5, 5.41) is 9.37. The lowest BCUT2D eigenvalue weighted by molar-refractivity contribution is -0.144. The number of carboxylic acid groups (broad SMARTS) is 1. The van der Waals surface area contributed by atoms with E-state index in [9.17, 15) is 18.3 Å². The number of aliphatic carboxylic acids is 1. The second kappa shape index (κ2) is 5.37. The van der Waals surface area contributed by atoms with Crippen LogP contribution in [0.5, 0.6) is 0 Å². The van der Waals surface area contributed by atoms with Gasteiger partial charge in [0.15, 0.2) is 0 Å². The quantitative estimate of drug-likeness (QED) is 0.847. The first-order chi connectivity index (χ1) is 9.88. The zero-order chi connectivity index (χ0) is 15.2. The van der Waals surface area contributed by atoms with E-state index in [1.54, 1.807) is 12.1 Å². The van der Waals surface area contributed by atoms with Gasteiger partial charge in [-0.1, -0.05) is 22.0 Å². The normalized spacial score (nSPS) is 31.5. The molecule has 4 atom stereocenters. The molecule has 3 rings (SSSR count). The Hall–Kier alpha value is -0.920. The van der Waals surface area contributed by atoms with Gasteiger partial charge in [-0.05, 0) is 49.3 Å². The summed E-state index contributed by atoms with van der Waals surface area (Å²) < 4.78 is 28.2. The highest BCUT2D eigenvalue weighted by molar-refractivity contribution is 9.10. The van der Waals surface area contributed by atoms with Gasteiger partial charge in [-0.3, -0.25) is 4.79 Å². The van der Waals surface area contributed by atoms with Gasteiger partial charge in [0.2, 0.25) is 10.0 Å². The average Bonchev–Trinajstić information content (AvgIpc) is 2.98. The molecule has 4 unspecified atom stereocenters. The van der Waals surface area contributed by atoms with Gasteiger partial charge in [0.25, 0.3) is 0 Å². The molecule has 2 aliphatic rings. The summed E-state index contributed by atoms with van der Waals surface area (Å²) >= 11 is 3.25. The van der Waals surface area contributed by atoms with E-state index in [1.807, 2.05) is 0 Å². The second-order valence-corrected chi connectivity index (χ2v) is 8.43. The van der Waals surface area contributed by atoms with Gasteiger partial charge in [-0.2, -0.15) is 0 Å². The third-order valence-electron chi connectivity index (χ3n) is 4.60. The molecule has 1 aromatic rings. The van der Waals surface area contributed by atoms with E-state index in [2.05, 4.69) is 20.7 Å². The molecule has 2 saturated carbocycles. The summed E-state index contributed by atoms with van der Waals surface area (Å²) in [6, 6.07) is 5.93. The number of nitrogens with one attached hydrogen (secondary N) is 1. The number of carbonyl (C=O) groups is 1. The SMILES string of the molecule is O=C(O)C1C2CCC(C2)C1NS(=O)(=O)c1cccc(Br)c1. The first kappa shape index (κ1) is 15.0. The van der Waals surface area contributed by atoms with Crippen molar-refractivity contribution in [1.82, 2.24) is 4.72 Å². The molecule has 0 spiro atoms. The van der Waals surface area contributed by atoms with Gasteiger partial charge in [0, 0.05) is 10.5 Å². The second-order valence-electron chi connectivity index (χ2n) is 5.80. The van der Waals surface area contributed by atoms with Crippen LogP contribution in [-0.2, 0) is 14.8 Å². The number of carboxylic acids is 1. The van der Waals surface area contributed by atoms with E-state index in [0.717, 1.165) is 19.3 Å². The van der Waals surface area contributed by atoms with Crippen molar-refractivity contribution in [2.24, 2.45) is 17.8 Å². The Bertz CT molecular complexity index is 675. The van der Waals surface area contributed by atoms with E-state index in [4.69, 9.17) is 0 Å². The molecule has 2 N–H and O–H groups in total. The van der Waals surface area contributed by atoms with Crippen LogP contribution in [0.1, 0.15) is 19.3 Å². The molecule has 0 radical (unpaired) electrons. The molecule has 0 heterocycles. The van der Waals surface area contributed by atoms with Crippen molar-refractivity contribution in [3.8, 4) is 0 Å². The lowest BCUT2D eigenvalue weighted by Gasteiger charge is -2.28. The molecular formula is C14H16BrNO4S. The molecule has 114 valence electrons. The van der Waals surface area contributed by atoms with E-state index in [-0.39, 0.29) is 16.7 Å². The number of halogens is 1. The standard InChI is InChI=1S/C14H16BrNO4S/c15-10-2-1-3-11(7-10)21(19,20)16-13-9-5-4-8(6-9)12(13)14(17)18/h1-3,7-9,12-13,16H,4-6H2,(H,17,18). The largest absolute Gasteiger partial charge is 0.481 e. The summed E-state index contributed by atoms with van der Waals surface area (Å²) in [4.78, 5) is 11.6. The summed E-state index contributed by atoms with van der Waals surface area (Å²) in [5.41, 5.74) is 0. The van der Waals surface area contributed by atoms with Gasteiger partial charge in [0.05, 0.1) is 10.8 Å². The maximum Gasteiger partial charge on any atom is 0.308 e. The third-order valence-corrected chi connectivity index (χ3v) is 6.55. The van der Waals surface area contributed by atoms with Crippen LogP contribution in [0, 0.1) is 17.8 Å². The molecule has 2 aliphatic carbocycles. The summed E-state index contributed by atoms with van der Waals surface area (Å²) in [5.74, 6) is -1.27. The number of hydrogen-bond acceptors (Lipinski definition) is 3. The molecule has 1 aromatic carbocycles. The monoisotopic (exact) mass is 373 g/mol. The fourth-order valence-corrected chi connectivity index (χ4v) is 5.62. The van der Waals surface area contributed by atoms with Crippen LogP contribution < -0.4 is 4.72 Å². The maximum atomic E-state index is 12.5. The Morgan fingerprint density at radius 1 is 1.29 bits per heavy atom. The predicted octanol–water partition coefficient (Wildman–Crippen LogP) is 2.23. The van der Waals surface area contributed by atoms with Crippen molar-refractivity contribution >= 4 is 31.9 Å². The number of rotatable bonds is 4. The molecule has 7 heteroatoms. The Labute approximate surface area is 131 Å². The Kier molecular flexibility index (Phi) is 3.83. The van der Waals surface area contributed by atoms with E-state index < -0.39 is 28.0 Å². The number of benzene rings is 1. The molecule has 5 nitrogen and oxygen atoms in total. The Morgan fingerprint density at radius 3 is 2.67 bits per heavy atom. The fourth-order valence-electron chi connectivity index (χ4n) is 3.70. The topological polar surface area (TPSA) is 83.5 Å². The number of hydrogen-bond donors (Lipinski definition) is 2. The van der Waals surface area contributed by atoms with Crippen molar-refractivity contribution < 1.29 is 18.3 Å². The molecule has 0 saturated heterocycles. The molecular weight excluding hydrogens is 358 g/mol. The minimum atomic E-state index is -3.70. The highest BCUT2D eigenvalue weighted by atomic mass is 79.9. The molecule has 2 bridgehead atoms. The van der Waals surface area contributed by atoms with Gasteiger partial charge in [-0.15, -0.1) is 0 Å². The van der Waals surface area contributed by atoms with Gasteiger partial charge in [0.1, 0.15) is 0 Å². The van der Waals surface area contributed by atoms with E-state index in [1.165, 1.54) is 12.1 Å². The van der Waals surface area contributed by atoms with E-state index in [0.29, 0.717) is 4.47 Å². The van der Waals surface area contributed by atoms with Gasteiger partial charge in [-0.25, -0.2) is 13.1 Å². The van der Waals surface area contributed by atoms with Crippen LogP contribution in [0.2, 0.25) is 0 Å². The fraction of sp³-hybridized carbons (Fsp3) is 0.500. The van der Waals surface area contributed by atoms with Crippen LogP contribution in [0.15, 0.2) is 33.6 Å². The minimum absolute atomic E-state index is 0.0997. The lowest BCUT2D eigenvalue weighted by atomic mass is 9.85. The van der Waals surface area contributed by atoms with Crippen molar-refractivity contribution in [2.75, 3.05) is 0 Å². The van der Waals surface area contributed by atoms with Gasteiger partial charge < -0.3 is 5.11 Å². The maximum absolute atomic E-state index is 12.5.